The average molecular weight is 204 g/mol. The van der Waals surface area contributed by atoms with Crippen molar-refractivity contribution in [3.63, 3.8) is 0 Å². The van der Waals surface area contributed by atoms with Gasteiger partial charge in [0.1, 0.15) is 0 Å². The summed E-state index contributed by atoms with van der Waals surface area (Å²) in [7, 11) is 0. The predicted molar refractivity (Wildman–Crippen MR) is 51.3 cm³/mol. The molecular weight excluding hydrogens is 186 g/mol. The first-order chi connectivity index (χ1) is 6.62. The Labute approximate surface area is 83.4 Å². The van der Waals surface area contributed by atoms with Crippen molar-refractivity contribution >= 4 is 0 Å². The number of nitrogens with two attached hydrogens (primary N) is 1. The summed E-state index contributed by atoms with van der Waals surface area (Å²) in [6, 6.07) is 0.424. The summed E-state index contributed by atoms with van der Waals surface area (Å²) in [5.74, 6) is -2.00. The molecule has 1 saturated carbocycles. The van der Waals surface area contributed by atoms with E-state index < -0.39 is 12.5 Å². The Kier molecular flexibility index (Phi) is 2.75. The van der Waals surface area contributed by atoms with E-state index in [1.807, 2.05) is 4.90 Å². The van der Waals surface area contributed by atoms with Gasteiger partial charge in [-0.2, -0.15) is 0 Å². The van der Waals surface area contributed by atoms with Crippen molar-refractivity contribution in [2.75, 3.05) is 19.6 Å². The third kappa shape index (κ3) is 2.23. The average Bonchev–Trinajstić information content (AvgIpc) is 2.88. The van der Waals surface area contributed by atoms with Gasteiger partial charge in [0.25, 0.3) is 5.92 Å². The maximum atomic E-state index is 13.1. The minimum Gasteiger partial charge on any atom is -0.325 e. The van der Waals surface area contributed by atoms with E-state index in [0.717, 1.165) is 19.4 Å². The second-order valence-corrected chi connectivity index (χ2v) is 4.58. The van der Waals surface area contributed by atoms with Crippen LogP contribution in [0.25, 0.3) is 0 Å². The zero-order valence-corrected chi connectivity index (χ0v) is 8.38. The first kappa shape index (κ1) is 10.3. The molecule has 0 amide bonds. The molecule has 0 aromatic carbocycles. The highest BCUT2D eigenvalue weighted by Crippen LogP contribution is 2.40. The van der Waals surface area contributed by atoms with Crippen LogP contribution in [0.15, 0.2) is 0 Å². The molecule has 2 nitrogen and oxygen atoms in total. The van der Waals surface area contributed by atoms with Crippen molar-refractivity contribution < 1.29 is 8.78 Å². The van der Waals surface area contributed by atoms with Crippen LogP contribution in [-0.2, 0) is 0 Å². The van der Waals surface area contributed by atoms with E-state index in [0.29, 0.717) is 12.0 Å². The van der Waals surface area contributed by atoms with Crippen molar-refractivity contribution in [3.8, 4) is 0 Å². The van der Waals surface area contributed by atoms with Gasteiger partial charge in [-0.25, -0.2) is 8.78 Å². The summed E-state index contributed by atoms with van der Waals surface area (Å²) in [6.45, 7) is 0.169. The van der Waals surface area contributed by atoms with E-state index in [1.54, 1.807) is 0 Å². The molecule has 0 spiro atoms. The molecule has 1 saturated heterocycles. The Bertz CT molecular complexity index is 204. The molecule has 2 aliphatic rings. The summed E-state index contributed by atoms with van der Waals surface area (Å²) < 4.78 is 26.2. The first-order valence-electron chi connectivity index (χ1n) is 5.44. The molecule has 4 heteroatoms. The lowest BCUT2D eigenvalue weighted by Crippen LogP contribution is -2.44. The van der Waals surface area contributed by atoms with Crippen molar-refractivity contribution in [2.24, 2.45) is 11.7 Å². The second kappa shape index (κ2) is 3.74. The van der Waals surface area contributed by atoms with Gasteiger partial charge in [0.15, 0.2) is 0 Å². The quantitative estimate of drug-likeness (QED) is 0.751. The molecule has 2 N–H and O–H groups in total. The molecular formula is C10H18F2N2. The highest BCUT2D eigenvalue weighted by molar-refractivity contribution is 4.93. The molecule has 0 aromatic heterocycles. The van der Waals surface area contributed by atoms with Gasteiger partial charge in [-0.1, -0.05) is 0 Å². The molecule has 1 atom stereocenters. The van der Waals surface area contributed by atoms with Gasteiger partial charge in [0, 0.05) is 6.04 Å². The first-order valence-corrected chi connectivity index (χ1v) is 5.44. The second-order valence-electron chi connectivity index (χ2n) is 4.58. The number of alkyl halides is 2. The van der Waals surface area contributed by atoms with Gasteiger partial charge in [-0.05, 0) is 38.1 Å². The largest absolute Gasteiger partial charge is 0.325 e. The van der Waals surface area contributed by atoms with E-state index in [9.17, 15) is 8.78 Å². The molecule has 1 aliphatic heterocycles. The SMILES string of the molecule is NCC(F)(F)CN1CCCC1C1CC1. The molecule has 1 aliphatic carbocycles. The van der Waals surface area contributed by atoms with Crippen LogP contribution in [0.5, 0.6) is 0 Å². The molecule has 2 rings (SSSR count). The fourth-order valence-electron chi connectivity index (χ4n) is 2.42. The van der Waals surface area contributed by atoms with Gasteiger partial charge < -0.3 is 5.73 Å². The van der Waals surface area contributed by atoms with Gasteiger partial charge >= 0.3 is 0 Å². The standard InChI is InChI=1S/C10H18F2N2/c11-10(12,6-13)7-14-5-1-2-9(14)8-3-4-8/h8-9H,1-7,13H2. The number of nitrogens with zero attached hydrogens (tertiary/aromatic N) is 1. The third-order valence-electron chi connectivity index (χ3n) is 3.31. The highest BCUT2D eigenvalue weighted by Gasteiger charge is 2.41. The lowest BCUT2D eigenvalue weighted by Gasteiger charge is -2.28. The minimum atomic E-state index is -2.70. The Balaban J connectivity index is 1.89. The Hall–Kier alpha value is -0.220. The van der Waals surface area contributed by atoms with Crippen LogP contribution in [0.4, 0.5) is 8.78 Å². The van der Waals surface area contributed by atoms with Crippen LogP contribution in [0, 0.1) is 5.92 Å². The van der Waals surface area contributed by atoms with Gasteiger partial charge in [0.05, 0.1) is 13.1 Å². The summed E-state index contributed by atoms with van der Waals surface area (Å²) in [4.78, 5) is 1.95. The summed E-state index contributed by atoms with van der Waals surface area (Å²) in [5.41, 5.74) is 5.04. The lowest BCUT2D eigenvalue weighted by atomic mass is 10.1. The summed E-state index contributed by atoms with van der Waals surface area (Å²) in [6.07, 6.45) is 4.64. The number of hydrogen-bond acceptors (Lipinski definition) is 2. The van der Waals surface area contributed by atoms with Crippen molar-refractivity contribution in [2.45, 2.75) is 37.6 Å². The predicted octanol–water partition coefficient (Wildman–Crippen LogP) is 1.45. The number of likely N-dealkylation sites (tertiary alicyclic amines) is 1. The fraction of sp³-hybridized carbons (Fsp3) is 1.00. The molecule has 2 fully saturated rings. The molecule has 14 heavy (non-hydrogen) atoms. The lowest BCUT2D eigenvalue weighted by molar-refractivity contribution is -0.0283. The van der Waals surface area contributed by atoms with Crippen molar-refractivity contribution in [3.05, 3.63) is 0 Å². The maximum Gasteiger partial charge on any atom is 0.272 e. The molecule has 0 aromatic rings. The van der Waals surface area contributed by atoms with Crippen molar-refractivity contribution in [1.82, 2.24) is 4.90 Å². The van der Waals surface area contributed by atoms with Gasteiger partial charge in [-0.3, -0.25) is 4.90 Å². The van der Waals surface area contributed by atoms with E-state index in [1.165, 1.54) is 12.8 Å². The van der Waals surface area contributed by atoms with Crippen LogP contribution >= 0.6 is 0 Å². The van der Waals surface area contributed by atoms with Gasteiger partial charge in [0.2, 0.25) is 0 Å². The van der Waals surface area contributed by atoms with Crippen LogP contribution in [0.1, 0.15) is 25.7 Å². The minimum absolute atomic E-state index is 0.134. The van der Waals surface area contributed by atoms with Crippen LogP contribution < -0.4 is 5.73 Å². The Morgan fingerprint density at radius 3 is 2.57 bits per heavy atom. The number of halogens is 2. The summed E-state index contributed by atoms with van der Waals surface area (Å²) in [5, 5.41) is 0. The zero-order chi connectivity index (χ0) is 10.2. The molecule has 0 radical (unpaired) electrons. The van der Waals surface area contributed by atoms with E-state index in [2.05, 4.69) is 0 Å². The third-order valence-corrected chi connectivity index (χ3v) is 3.31. The normalized spacial score (nSPS) is 29.8. The highest BCUT2D eigenvalue weighted by atomic mass is 19.3. The molecule has 82 valence electrons. The Morgan fingerprint density at radius 1 is 1.29 bits per heavy atom. The molecule has 1 unspecified atom stereocenters. The number of rotatable bonds is 4. The van der Waals surface area contributed by atoms with Crippen LogP contribution in [-0.4, -0.2) is 36.5 Å². The number of hydrogen-bond donors (Lipinski definition) is 1. The Morgan fingerprint density at radius 2 is 2.00 bits per heavy atom. The molecule has 1 heterocycles. The smallest absolute Gasteiger partial charge is 0.272 e. The maximum absolute atomic E-state index is 13.1. The zero-order valence-electron chi connectivity index (χ0n) is 8.38. The molecule has 0 bridgehead atoms. The van der Waals surface area contributed by atoms with E-state index in [4.69, 9.17) is 5.73 Å². The van der Waals surface area contributed by atoms with Crippen LogP contribution in [0.3, 0.4) is 0 Å². The summed E-state index contributed by atoms with van der Waals surface area (Å²) >= 11 is 0. The fourth-order valence-corrected chi connectivity index (χ4v) is 2.42. The van der Waals surface area contributed by atoms with E-state index >= 15 is 0 Å². The van der Waals surface area contributed by atoms with E-state index in [-0.39, 0.29) is 6.54 Å². The van der Waals surface area contributed by atoms with Crippen molar-refractivity contribution in [1.29, 1.82) is 0 Å². The topological polar surface area (TPSA) is 29.3 Å². The monoisotopic (exact) mass is 204 g/mol. The van der Waals surface area contributed by atoms with Crippen LogP contribution in [0.2, 0.25) is 0 Å². The van der Waals surface area contributed by atoms with Gasteiger partial charge in [-0.15, -0.1) is 0 Å².